The highest BCUT2D eigenvalue weighted by atomic mass is 35.5. The first kappa shape index (κ1) is 9.83. The number of halogens is 2. The number of nitrogens with zero attached hydrogens (tertiary/aromatic N) is 1. The Hall–Kier alpha value is -0.710. The van der Waals surface area contributed by atoms with Gasteiger partial charge in [-0.15, -0.1) is 0 Å². The first-order valence-electron chi connectivity index (χ1n) is 4.57. The van der Waals surface area contributed by atoms with Crippen LogP contribution in [0.4, 0.5) is 0 Å². The molecule has 1 aliphatic carbocycles. The van der Waals surface area contributed by atoms with Crippen LogP contribution < -0.4 is 0 Å². The second-order valence-electron chi connectivity index (χ2n) is 3.52. The molecule has 0 N–H and O–H groups in total. The van der Waals surface area contributed by atoms with Gasteiger partial charge in [-0.25, -0.2) is 0 Å². The summed E-state index contributed by atoms with van der Waals surface area (Å²) in [5, 5.41) is 10.2. The van der Waals surface area contributed by atoms with Gasteiger partial charge in [-0.2, -0.15) is 5.26 Å². The van der Waals surface area contributed by atoms with Gasteiger partial charge in [-0.05, 0) is 42.0 Å². The lowest BCUT2D eigenvalue weighted by molar-refractivity contribution is 0.695. The van der Waals surface area contributed by atoms with Crippen LogP contribution in [0.25, 0.3) is 0 Å². The Morgan fingerprint density at radius 1 is 1.36 bits per heavy atom. The van der Waals surface area contributed by atoms with Crippen molar-refractivity contribution in [2.24, 2.45) is 0 Å². The minimum absolute atomic E-state index is 0.279. The molecule has 72 valence electrons. The molecular formula is C11H9Cl2N. The van der Waals surface area contributed by atoms with Crippen LogP contribution in [0.3, 0.4) is 0 Å². The third-order valence-electron chi connectivity index (χ3n) is 2.74. The summed E-state index contributed by atoms with van der Waals surface area (Å²) < 4.78 is 0. The minimum atomic E-state index is 0.279. The summed E-state index contributed by atoms with van der Waals surface area (Å²) in [5.41, 5.74) is 2.24. The van der Waals surface area contributed by atoms with Crippen molar-refractivity contribution < 1.29 is 0 Å². The fraction of sp³-hybridized carbons (Fsp3) is 0.364. The number of hydrogen-bond acceptors (Lipinski definition) is 1. The molecule has 0 aliphatic heterocycles. The zero-order valence-electron chi connectivity index (χ0n) is 7.56. The molecule has 0 spiro atoms. The fourth-order valence-corrected chi connectivity index (χ4v) is 2.67. The van der Waals surface area contributed by atoms with E-state index in [0.717, 1.165) is 34.0 Å². The lowest BCUT2D eigenvalue weighted by atomic mass is 9.98. The van der Waals surface area contributed by atoms with Crippen LogP contribution in [0, 0.1) is 11.3 Å². The second kappa shape index (κ2) is 3.81. The minimum Gasteiger partial charge on any atom is -0.198 e. The molecule has 0 saturated heterocycles. The average molecular weight is 226 g/mol. The van der Waals surface area contributed by atoms with Gasteiger partial charge >= 0.3 is 0 Å². The number of hydrogen-bond donors (Lipinski definition) is 0. The molecule has 0 bridgehead atoms. The van der Waals surface area contributed by atoms with Crippen LogP contribution in [-0.2, 0) is 6.42 Å². The van der Waals surface area contributed by atoms with Crippen LogP contribution in [0.2, 0.25) is 10.0 Å². The van der Waals surface area contributed by atoms with Crippen molar-refractivity contribution in [3.8, 4) is 6.07 Å². The Bertz CT molecular complexity index is 406. The van der Waals surface area contributed by atoms with E-state index < -0.39 is 0 Å². The Kier molecular flexibility index (Phi) is 2.67. The van der Waals surface area contributed by atoms with Gasteiger partial charge in [-0.3, -0.25) is 0 Å². The molecule has 0 heterocycles. The summed E-state index contributed by atoms with van der Waals surface area (Å²) in [7, 11) is 0. The smallest absolute Gasteiger partial charge is 0.0628 e. The quantitative estimate of drug-likeness (QED) is 0.711. The zero-order valence-corrected chi connectivity index (χ0v) is 9.07. The molecule has 3 heteroatoms. The predicted molar refractivity (Wildman–Crippen MR) is 57.8 cm³/mol. The van der Waals surface area contributed by atoms with Crippen LogP contribution >= 0.6 is 23.2 Å². The van der Waals surface area contributed by atoms with Crippen molar-refractivity contribution in [1.82, 2.24) is 0 Å². The standard InChI is InChI=1S/C11H9Cl2N/c12-9-3-4-10(13)11-7(5-6-14)1-2-8(9)11/h3-4,7H,1-2,5H2. The fourth-order valence-electron chi connectivity index (χ4n) is 2.08. The molecule has 14 heavy (non-hydrogen) atoms. The topological polar surface area (TPSA) is 23.8 Å². The summed E-state index contributed by atoms with van der Waals surface area (Å²) >= 11 is 12.2. The summed E-state index contributed by atoms with van der Waals surface area (Å²) in [5.74, 6) is 0.279. The second-order valence-corrected chi connectivity index (χ2v) is 4.33. The maximum atomic E-state index is 8.69. The van der Waals surface area contributed by atoms with Gasteiger partial charge in [0.05, 0.1) is 6.07 Å². The molecule has 0 amide bonds. The first-order valence-corrected chi connectivity index (χ1v) is 5.33. The molecule has 0 aromatic heterocycles. The van der Waals surface area contributed by atoms with Crippen LogP contribution in [0.5, 0.6) is 0 Å². The van der Waals surface area contributed by atoms with Gasteiger partial charge in [0.1, 0.15) is 0 Å². The maximum absolute atomic E-state index is 8.69. The molecule has 1 unspecified atom stereocenters. The highest BCUT2D eigenvalue weighted by Gasteiger charge is 2.26. The zero-order chi connectivity index (χ0) is 10.1. The molecule has 0 radical (unpaired) electrons. The van der Waals surface area contributed by atoms with E-state index in [1.807, 2.05) is 12.1 Å². The van der Waals surface area contributed by atoms with E-state index in [-0.39, 0.29) is 5.92 Å². The van der Waals surface area contributed by atoms with E-state index in [1.165, 1.54) is 0 Å². The number of benzene rings is 1. The van der Waals surface area contributed by atoms with Crippen molar-refractivity contribution in [3.63, 3.8) is 0 Å². The highest BCUT2D eigenvalue weighted by molar-refractivity contribution is 6.34. The summed E-state index contributed by atoms with van der Waals surface area (Å²) in [6, 6.07) is 5.84. The SMILES string of the molecule is N#CCC1CCc2c(Cl)ccc(Cl)c21. The Labute approximate surface area is 93.2 Å². The van der Waals surface area contributed by atoms with Gasteiger partial charge < -0.3 is 0 Å². The average Bonchev–Trinajstić information content (AvgIpc) is 2.58. The molecule has 1 aromatic rings. The van der Waals surface area contributed by atoms with Crippen LogP contribution in [0.1, 0.15) is 29.9 Å². The van der Waals surface area contributed by atoms with Gasteiger partial charge in [-0.1, -0.05) is 23.2 Å². The normalized spacial score (nSPS) is 19.1. The Morgan fingerprint density at radius 3 is 2.79 bits per heavy atom. The van der Waals surface area contributed by atoms with Gasteiger partial charge in [0.2, 0.25) is 0 Å². The maximum Gasteiger partial charge on any atom is 0.0628 e. The van der Waals surface area contributed by atoms with E-state index in [2.05, 4.69) is 6.07 Å². The largest absolute Gasteiger partial charge is 0.198 e. The van der Waals surface area contributed by atoms with Crippen LogP contribution in [0.15, 0.2) is 12.1 Å². The Balaban J connectivity index is 2.49. The van der Waals surface area contributed by atoms with E-state index in [1.54, 1.807) is 0 Å². The Morgan fingerprint density at radius 2 is 2.07 bits per heavy atom. The number of rotatable bonds is 1. The molecule has 0 saturated carbocycles. The lowest BCUT2D eigenvalue weighted by Crippen LogP contribution is -1.93. The third kappa shape index (κ3) is 1.49. The van der Waals surface area contributed by atoms with E-state index >= 15 is 0 Å². The van der Waals surface area contributed by atoms with Crippen molar-refractivity contribution >= 4 is 23.2 Å². The van der Waals surface area contributed by atoms with Gasteiger partial charge in [0.15, 0.2) is 0 Å². The summed E-state index contributed by atoms with van der Waals surface area (Å²) in [4.78, 5) is 0. The molecule has 1 atom stereocenters. The molecule has 2 rings (SSSR count). The number of nitriles is 1. The summed E-state index contributed by atoms with van der Waals surface area (Å²) in [6.45, 7) is 0. The van der Waals surface area contributed by atoms with E-state index in [9.17, 15) is 0 Å². The molecule has 1 aromatic carbocycles. The first-order chi connectivity index (χ1) is 6.74. The van der Waals surface area contributed by atoms with Crippen molar-refractivity contribution in [3.05, 3.63) is 33.3 Å². The summed E-state index contributed by atoms with van der Waals surface area (Å²) in [6.07, 6.45) is 2.47. The highest BCUT2D eigenvalue weighted by Crippen LogP contribution is 2.42. The van der Waals surface area contributed by atoms with Crippen molar-refractivity contribution in [1.29, 1.82) is 5.26 Å². The molecule has 1 nitrogen and oxygen atoms in total. The lowest BCUT2D eigenvalue weighted by Gasteiger charge is -2.09. The molecule has 0 fully saturated rings. The molecular weight excluding hydrogens is 217 g/mol. The monoisotopic (exact) mass is 225 g/mol. The molecule has 1 aliphatic rings. The third-order valence-corrected chi connectivity index (χ3v) is 3.42. The van der Waals surface area contributed by atoms with Crippen LogP contribution in [-0.4, -0.2) is 0 Å². The predicted octanol–water partition coefficient (Wildman–Crippen LogP) is 3.94. The van der Waals surface area contributed by atoms with Gasteiger partial charge in [0.25, 0.3) is 0 Å². The number of fused-ring (bicyclic) bond motifs is 1. The van der Waals surface area contributed by atoms with Gasteiger partial charge in [0, 0.05) is 16.5 Å². The van der Waals surface area contributed by atoms with Crippen molar-refractivity contribution in [2.75, 3.05) is 0 Å². The van der Waals surface area contributed by atoms with Crippen molar-refractivity contribution in [2.45, 2.75) is 25.2 Å². The van der Waals surface area contributed by atoms with E-state index in [0.29, 0.717) is 6.42 Å². The van der Waals surface area contributed by atoms with E-state index in [4.69, 9.17) is 28.5 Å².